The van der Waals surface area contributed by atoms with Crippen LogP contribution in [0.2, 0.25) is 0 Å². The van der Waals surface area contributed by atoms with E-state index in [-0.39, 0.29) is 0 Å². The fourth-order valence-corrected chi connectivity index (χ4v) is 0.289. The van der Waals surface area contributed by atoms with E-state index in [1.807, 2.05) is 0 Å². The van der Waals surface area contributed by atoms with E-state index in [0.29, 0.717) is 0 Å². The van der Waals surface area contributed by atoms with E-state index >= 15 is 0 Å². The summed E-state index contributed by atoms with van der Waals surface area (Å²) in [5.74, 6) is 0. The van der Waals surface area contributed by atoms with Crippen molar-refractivity contribution >= 4 is 0 Å². The Morgan fingerprint density at radius 2 is 1.10 bits per heavy atom. The lowest BCUT2D eigenvalue weighted by Crippen LogP contribution is -2.03. The lowest BCUT2D eigenvalue weighted by Gasteiger charge is -1.87. The molecule has 0 radical (unpaired) electrons. The molecule has 10 heavy (non-hydrogen) atoms. The zero-order valence-electron chi connectivity index (χ0n) is 6.29. The molecule has 0 saturated carbocycles. The second kappa shape index (κ2) is 15.7. The largest absolute Gasteiger partial charge is 0.403 e. The van der Waals surface area contributed by atoms with Gasteiger partial charge in [-0.1, -0.05) is 0 Å². The minimum Gasteiger partial charge on any atom is -0.403 e. The summed E-state index contributed by atoms with van der Waals surface area (Å²) in [5, 5.41) is 0. The molecule has 4 heteroatoms. The third-order valence-corrected chi connectivity index (χ3v) is 0.769. The van der Waals surface area contributed by atoms with Crippen molar-refractivity contribution < 1.29 is 0 Å². The predicted octanol–water partition coefficient (Wildman–Crippen LogP) is -0.941. The van der Waals surface area contributed by atoms with Gasteiger partial charge in [0.05, 0.1) is 0 Å². The summed E-state index contributed by atoms with van der Waals surface area (Å²) in [6.07, 6.45) is 4.69. The van der Waals surface area contributed by atoms with E-state index in [9.17, 15) is 0 Å². The lowest BCUT2D eigenvalue weighted by atomic mass is 10.3. The van der Waals surface area contributed by atoms with Crippen molar-refractivity contribution in [2.75, 3.05) is 13.1 Å². The molecule has 0 aliphatic carbocycles. The molecule has 62 valence electrons. The van der Waals surface area contributed by atoms with Crippen molar-refractivity contribution in [1.29, 1.82) is 0 Å². The van der Waals surface area contributed by atoms with Crippen molar-refractivity contribution in [1.82, 2.24) is 0 Å². The highest BCUT2D eigenvalue weighted by Crippen LogP contribution is 1.77. The first-order chi connectivity index (χ1) is 4.83. The minimum absolute atomic E-state index is 0.775. The highest BCUT2D eigenvalue weighted by molar-refractivity contribution is 4.64. The van der Waals surface area contributed by atoms with Gasteiger partial charge in [0.2, 0.25) is 0 Å². The van der Waals surface area contributed by atoms with E-state index in [4.69, 9.17) is 22.9 Å². The summed E-state index contributed by atoms with van der Waals surface area (Å²) in [6.45, 7) is 1.55. The quantitative estimate of drug-likeness (QED) is 0.386. The van der Waals surface area contributed by atoms with E-state index in [1.54, 1.807) is 0 Å². The second-order valence-electron chi connectivity index (χ2n) is 1.67. The van der Waals surface area contributed by atoms with Gasteiger partial charge in [-0.15, -0.1) is 0 Å². The molecule has 0 aliphatic rings. The SMILES string of the molecule is N/C=C/N.NCCCCN. The molecule has 4 nitrogen and oxygen atoms in total. The molecular weight excluding hydrogens is 128 g/mol. The van der Waals surface area contributed by atoms with Gasteiger partial charge in [0.15, 0.2) is 0 Å². The molecule has 0 unspecified atom stereocenters. The Morgan fingerprint density at radius 3 is 1.20 bits per heavy atom. The van der Waals surface area contributed by atoms with Crippen molar-refractivity contribution in [2.24, 2.45) is 22.9 Å². The molecule has 0 atom stereocenters. The Bertz CT molecular complexity index is 54.8. The number of hydrogen-bond acceptors (Lipinski definition) is 4. The summed E-state index contributed by atoms with van der Waals surface area (Å²) < 4.78 is 0. The molecule has 0 aromatic heterocycles. The summed E-state index contributed by atoms with van der Waals surface area (Å²) in [6, 6.07) is 0. The summed E-state index contributed by atoms with van der Waals surface area (Å²) in [4.78, 5) is 0. The van der Waals surface area contributed by atoms with Crippen molar-refractivity contribution in [3.63, 3.8) is 0 Å². The van der Waals surface area contributed by atoms with Crippen LogP contribution >= 0.6 is 0 Å². The molecular formula is C6H18N4. The second-order valence-corrected chi connectivity index (χ2v) is 1.67. The fraction of sp³-hybridized carbons (Fsp3) is 0.667. The van der Waals surface area contributed by atoms with Gasteiger partial charge in [0.1, 0.15) is 0 Å². The maximum atomic E-state index is 5.16. The van der Waals surface area contributed by atoms with Crippen molar-refractivity contribution in [2.45, 2.75) is 12.8 Å². The van der Waals surface area contributed by atoms with E-state index in [1.165, 1.54) is 12.4 Å². The third-order valence-electron chi connectivity index (χ3n) is 0.769. The molecule has 0 bridgehead atoms. The monoisotopic (exact) mass is 146 g/mol. The molecule has 0 aromatic rings. The molecule has 0 aliphatic heterocycles. The predicted molar refractivity (Wildman–Crippen MR) is 44.9 cm³/mol. The molecule has 0 aromatic carbocycles. The average Bonchev–Trinajstić information content (AvgIpc) is 2.01. The van der Waals surface area contributed by atoms with Crippen LogP contribution in [0.3, 0.4) is 0 Å². The fourth-order valence-electron chi connectivity index (χ4n) is 0.289. The lowest BCUT2D eigenvalue weighted by molar-refractivity contribution is 0.755. The molecule has 0 rings (SSSR count). The van der Waals surface area contributed by atoms with Crippen LogP contribution in [0.4, 0.5) is 0 Å². The number of nitrogens with two attached hydrogens (primary N) is 4. The normalized spacial score (nSPS) is 9.00. The van der Waals surface area contributed by atoms with Crippen LogP contribution in [0, 0.1) is 0 Å². The maximum Gasteiger partial charge on any atom is 0.00957 e. The highest BCUT2D eigenvalue weighted by Gasteiger charge is 1.75. The van der Waals surface area contributed by atoms with Gasteiger partial charge in [-0.25, -0.2) is 0 Å². The molecule has 0 fully saturated rings. The minimum atomic E-state index is 0.775. The van der Waals surface area contributed by atoms with Crippen LogP contribution in [0.1, 0.15) is 12.8 Å². The van der Waals surface area contributed by atoms with Crippen LogP contribution in [0.5, 0.6) is 0 Å². The zero-order valence-corrected chi connectivity index (χ0v) is 6.29. The molecule has 0 amide bonds. The first-order valence-corrected chi connectivity index (χ1v) is 3.32. The van der Waals surface area contributed by atoms with Gasteiger partial charge in [-0.05, 0) is 25.9 Å². The van der Waals surface area contributed by atoms with Crippen LogP contribution in [0.15, 0.2) is 12.4 Å². The van der Waals surface area contributed by atoms with E-state index < -0.39 is 0 Å². The molecule has 0 spiro atoms. The summed E-state index contributed by atoms with van der Waals surface area (Å²) in [7, 11) is 0. The summed E-state index contributed by atoms with van der Waals surface area (Å²) >= 11 is 0. The van der Waals surface area contributed by atoms with Crippen LogP contribution in [0.25, 0.3) is 0 Å². The van der Waals surface area contributed by atoms with E-state index in [2.05, 4.69) is 0 Å². The Morgan fingerprint density at radius 1 is 0.800 bits per heavy atom. The number of hydrogen-bond donors (Lipinski definition) is 4. The topological polar surface area (TPSA) is 104 Å². The van der Waals surface area contributed by atoms with Crippen LogP contribution in [-0.4, -0.2) is 13.1 Å². The van der Waals surface area contributed by atoms with Crippen LogP contribution < -0.4 is 22.9 Å². The van der Waals surface area contributed by atoms with Crippen molar-refractivity contribution in [3.8, 4) is 0 Å². The molecule has 8 N–H and O–H groups in total. The summed E-state index contributed by atoms with van der Waals surface area (Å²) in [5.41, 5.74) is 19.8. The van der Waals surface area contributed by atoms with Crippen LogP contribution in [-0.2, 0) is 0 Å². The van der Waals surface area contributed by atoms with E-state index in [0.717, 1.165) is 25.9 Å². The number of unbranched alkanes of at least 4 members (excludes halogenated alkanes) is 1. The molecule has 0 saturated heterocycles. The highest BCUT2D eigenvalue weighted by atomic mass is 14.6. The third kappa shape index (κ3) is 26.8. The smallest absolute Gasteiger partial charge is 0.00957 e. The van der Waals surface area contributed by atoms with Gasteiger partial charge >= 0.3 is 0 Å². The Hall–Kier alpha value is -0.740. The average molecular weight is 146 g/mol. The Kier molecular flexibility index (Phi) is 18.9. The molecule has 0 heterocycles. The Labute approximate surface area is 62.2 Å². The first kappa shape index (κ1) is 12.0. The van der Waals surface area contributed by atoms with Gasteiger partial charge in [-0.3, -0.25) is 0 Å². The van der Waals surface area contributed by atoms with Gasteiger partial charge in [-0.2, -0.15) is 0 Å². The van der Waals surface area contributed by atoms with Gasteiger partial charge in [0, 0.05) is 12.4 Å². The Balaban J connectivity index is 0. The first-order valence-electron chi connectivity index (χ1n) is 3.32. The van der Waals surface area contributed by atoms with Crippen molar-refractivity contribution in [3.05, 3.63) is 12.4 Å². The maximum absolute atomic E-state index is 5.16. The van der Waals surface area contributed by atoms with Gasteiger partial charge in [0.25, 0.3) is 0 Å². The van der Waals surface area contributed by atoms with Gasteiger partial charge < -0.3 is 22.9 Å². The number of rotatable bonds is 3. The zero-order chi connectivity index (χ0) is 8.24. The standard InChI is InChI=1S/C4H12N2.C2H6N2/c5-3-1-2-4-6;3-1-2-4/h1-6H2;1-2H,3-4H2/b;2-1+.